The van der Waals surface area contributed by atoms with Crippen molar-refractivity contribution in [1.82, 2.24) is 0 Å². The molecule has 2 fully saturated rings. The Balaban J connectivity index is 1.79. The molecule has 3 atom stereocenters. The largest absolute Gasteiger partial charge is 0.459 e. The van der Waals surface area contributed by atoms with Crippen LogP contribution in [0.4, 0.5) is 0 Å². The maximum Gasteiger partial charge on any atom is 0.335 e. The van der Waals surface area contributed by atoms with Crippen LogP contribution >= 0.6 is 15.9 Å². The average molecular weight is 305 g/mol. The Kier molecular flexibility index (Phi) is 4.86. The number of hydrogen-bond acceptors (Lipinski definition) is 3. The number of esters is 1. The van der Waals surface area contributed by atoms with Crippen molar-refractivity contribution in [3.05, 3.63) is 0 Å². The molecule has 3 nitrogen and oxygen atoms in total. The van der Waals surface area contributed by atoms with Gasteiger partial charge in [-0.05, 0) is 12.3 Å². The molecule has 1 saturated carbocycles. The lowest BCUT2D eigenvalue weighted by Crippen LogP contribution is -2.24. The van der Waals surface area contributed by atoms with Crippen LogP contribution in [-0.4, -0.2) is 30.1 Å². The van der Waals surface area contributed by atoms with Crippen LogP contribution in [0.5, 0.6) is 0 Å². The minimum atomic E-state index is -0.355. The molecule has 1 aliphatic heterocycles. The number of carbonyl (C=O) groups is 1. The molecule has 0 aromatic carbocycles. The molecule has 0 radical (unpaired) electrons. The molecule has 0 spiro atoms. The van der Waals surface area contributed by atoms with Gasteiger partial charge in [0.25, 0.3) is 0 Å². The summed E-state index contributed by atoms with van der Waals surface area (Å²) >= 11 is 3.69. The molecule has 1 heterocycles. The zero-order valence-corrected chi connectivity index (χ0v) is 11.9. The second-order valence-electron chi connectivity index (χ2n) is 5.19. The van der Waals surface area contributed by atoms with Gasteiger partial charge >= 0.3 is 5.97 Å². The third-order valence-electron chi connectivity index (χ3n) is 3.95. The van der Waals surface area contributed by atoms with Crippen molar-refractivity contribution < 1.29 is 14.3 Å². The SMILES string of the molecule is CO[C@@H]1C[C@@H]([C@H](Br)CC2CCCCC2)OC1=O. The van der Waals surface area contributed by atoms with E-state index in [0.29, 0.717) is 6.42 Å². The second-order valence-corrected chi connectivity index (χ2v) is 6.37. The van der Waals surface area contributed by atoms with E-state index in [0.717, 1.165) is 12.3 Å². The van der Waals surface area contributed by atoms with Gasteiger partial charge in [-0.15, -0.1) is 0 Å². The zero-order chi connectivity index (χ0) is 12.3. The normalized spacial score (nSPS) is 32.5. The lowest BCUT2D eigenvalue weighted by Gasteiger charge is -2.25. The molecule has 4 heteroatoms. The van der Waals surface area contributed by atoms with Crippen molar-refractivity contribution >= 4 is 21.9 Å². The molecular formula is C13H21BrO3. The zero-order valence-electron chi connectivity index (χ0n) is 10.4. The van der Waals surface area contributed by atoms with Gasteiger partial charge in [-0.3, -0.25) is 0 Å². The van der Waals surface area contributed by atoms with E-state index in [1.807, 2.05) is 0 Å². The predicted molar refractivity (Wildman–Crippen MR) is 69.2 cm³/mol. The van der Waals surface area contributed by atoms with E-state index < -0.39 is 0 Å². The topological polar surface area (TPSA) is 35.5 Å². The number of cyclic esters (lactones) is 1. The van der Waals surface area contributed by atoms with Gasteiger partial charge in [0, 0.05) is 13.5 Å². The van der Waals surface area contributed by atoms with Gasteiger partial charge in [-0.2, -0.15) is 0 Å². The molecule has 0 amide bonds. The molecule has 1 saturated heterocycles. The number of carbonyl (C=O) groups excluding carboxylic acids is 1. The fourth-order valence-electron chi connectivity index (χ4n) is 2.89. The molecule has 0 N–H and O–H groups in total. The molecule has 2 rings (SSSR count). The van der Waals surface area contributed by atoms with Crippen LogP contribution in [0.25, 0.3) is 0 Å². The highest BCUT2D eigenvalue weighted by atomic mass is 79.9. The number of rotatable bonds is 4. The highest BCUT2D eigenvalue weighted by molar-refractivity contribution is 9.09. The summed E-state index contributed by atoms with van der Waals surface area (Å²) in [5.74, 6) is 0.596. The van der Waals surface area contributed by atoms with Crippen LogP contribution in [0.3, 0.4) is 0 Å². The van der Waals surface area contributed by atoms with Gasteiger partial charge in [0.05, 0.1) is 4.83 Å². The average Bonchev–Trinajstić information content (AvgIpc) is 2.72. The summed E-state index contributed by atoms with van der Waals surface area (Å²) in [7, 11) is 1.57. The molecular weight excluding hydrogens is 284 g/mol. The minimum Gasteiger partial charge on any atom is -0.459 e. The van der Waals surface area contributed by atoms with Crippen LogP contribution in [-0.2, 0) is 14.3 Å². The van der Waals surface area contributed by atoms with E-state index in [2.05, 4.69) is 15.9 Å². The van der Waals surface area contributed by atoms with E-state index in [9.17, 15) is 4.79 Å². The molecule has 0 aromatic rings. The summed E-state index contributed by atoms with van der Waals surface area (Å²) < 4.78 is 10.5. The molecule has 98 valence electrons. The Morgan fingerprint density at radius 3 is 2.71 bits per heavy atom. The van der Waals surface area contributed by atoms with Crippen molar-refractivity contribution in [3.8, 4) is 0 Å². The summed E-state index contributed by atoms with van der Waals surface area (Å²) in [6.45, 7) is 0. The first-order valence-corrected chi connectivity index (χ1v) is 7.49. The number of halogens is 1. The minimum absolute atomic E-state index is 0.00521. The van der Waals surface area contributed by atoms with Gasteiger partial charge < -0.3 is 9.47 Å². The van der Waals surface area contributed by atoms with Crippen LogP contribution in [0, 0.1) is 5.92 Å². The van der Waals surface area contributed by atoms with E-state index in [4.69, 9.17) is 9.47 Å². The summed E-state index contributed by atoms with van der Waals surface area (Å²) in [4.78, 5) is 11.7. The molecule has 1 aliphatic carbocycles. The number of methoxy groups -OCH3 is 1. The Hall–Kier alpha value is -0.0900. The number of alkyl halides is 1. The maximum atomic E-state index is 11.4. The first-order chi connectivity index (χ1) is 8.20. The summed E-state index contributed by atoms with van der Waals surface area (Å²) in [6.07, 6.45) is 8.21. The monoisotopic (exact) mass is 304 g/mol. The van der Waals surface area contributed by atoms with Gasteiger partial charge in [-0.1, -0.05) is 48.0 Å². The number of ether oxygens (including phenoxy) is 2. The van der Waals surface area contributed by atoms with Crippen molar-refractivity contribution in [2.24, 2.45) is 5.92 Å². The van der Waals surface area contributed by atoms with E-state index >= 15 is 0 Å². The summed E-state index contributed by atoms with van der Waals surface area (Å²) in [6, 6.07) is 0. The highest BCUT2D eigenvalue weighted by Crippen LogP contribution is 2.33. The number of hydrogen-bond donors (Lipinski definition) is 0. The van der Waals surface area contributed by atoms with Gasteiger partial charge in [0.15, 0.2) is 6.10 Å². The lowest BCUT2D eigenvalue weighted by molar-refractivity contribution is -0.148. The van der Waals surface area contributed by atoms with Crippen molar-refractivity contribution in [2.45, 2.75) is 62.0 Å². The van der Waals surface area contributed by atoms with E-state index in [-0.39, 0.29) is 23.0 Å². The maximum absolute atomic E-state index is 11.4. The third kappa shape index (κ3) is 3.44. The van der Waals surface area contributed by atoms with Crippen LogP contribution in [0.1, 0.15) is 44.9 Å². The predicted octanol–water partition coefficient (Wildman–Crippen LogP) is 3.05. The molecule has 0 unspecified atom stereocenters. The molecule has 0 aromatic heterocycles. The van der Waals surface area contributed by atoms with Crippen molar-refractivity contribution in [1.29, 1.82) is 0 Å². The Morgan fingerprint density at radius 2 is 2.12 bits per heavy atom. The first kappa shape index (κ1) is 13.3. The van der Waals surface area contributed by atoms with E-state index in [1.54, 1.807) is 7.11 Å². The van der Waals surface area contributed by atoms with Crippen LogP contribution < -0.4 is 0 Å². The van der Waals surface area contributed by atoms with Gasteiger partial charge in [0.1, 0.15) is 6.10 Å². The fraction of sp³-hybridized carbons (Fsp3) is 0.923. The molecule has 0 bridgehead atoms. The fourth-order valence-corrected chi connectivity index (χ4v) is 3.74. The van der Waals surface area contributed by atoms with Crippen molar-refractivity contribution in [2.75, 3.05) is 7.11 Å². The Bertz CT molecular complexity index is 263. The standard InChI is InChI=1S/C13H21BrO3/c1-16-12-8-11(17-13(12)15)10(14)7-9-5-3-2-4-6-9/h9-12H,2-8H2,1H3/t10-,11+,12-/m1/s1. The smallest absolute Gasteiger partial charge is 0.335 e. The van der Waals surface area contributed by atoms with Crippen molar-refractivity contribution in [3.63, 3.8) is 0 Å². The Labute approximate surface area is 111 Å². The third-order valence-corrected chi connectivity index (χ3v) is 4.91. The first-order valence-electron chi connectivity index (χ1n) is 6.58. The van der Waals surface area contributed by atoms with Gasteiger partial charge in [0.2, 0.25) is 0 Å². The molecule has 17 heavy (non-hydrogen) atoms. The Morgan fingerprint density at radius 1 is 1.41 bits per heavy atom. The molecule has 2 aliphatic rings. The second kappa shape index (κ2) is 6.19. The lowest BCUT2D eigenvalue weighted by atomic mass is 9.85. The van der Waals surface area contributed by atoms with Crippen LogP contribution in [0.15, 0.2) is 0 Å². The summed E-state index contributed by atoms with van der Waals surface area (Å²) in [5.41, 5.74) is 0. The van der Waals surface area contributed by atoms with Gasteiger partial charge in [-0.25, -0.2) is 4.79 Å². The van der Waals surface area contributed by atoms with E-state index in [1.165, 1.54) is 32.1 Å². The quantitative estimate of drug-likeness (QED) is 0.591. The highest BCUT2D eigenvalue weighted by Gasteiger charge is 2.38. The van der Waals surface area contributed by atoms with Crippen LogP contribution in [0.2, 0.25) is 0 Å². The summed E-state index contributed by atoms with van der Waals surface area (Å²) in [5, 5.41) is 0.